The molecule has 19 heavy (non-hydrogen) atoms. The minimum absolute atomic E-state index is 0.147. The van der Waals surface area contributed by atoms with E-state index in [1.807, 2.05) is 6.92 Å². The van der Waals surface area contributed by atoms with E-state index in [4.69, 9.17) is 5.73 Å². The highest BCUT2D eigenvalue weighted by atomic mass is 79.9. The van der Waals surface area contributed by atoms with Crippen LogP contribution in [0.1, 0.15) is 44.0 Å². The van der Waals surface area contributed by atoms with Crippen molar-refractivity contribution in [2.24, 2.45) is 5.73 Å². The van der Waals surface area contributed by atoms with Crippen LogP contribution in [0.3, 0.4) is 0 Å². The van der Waals surface area contributed by atoms with E-state index in [1.54, 1.807) is 11.3 Å². The Morgan fingerprint density at radius 1 is 1.53 bits per heavy atom. The zero-order valence-electron chi connectivity index (χ0n) is 11.6. The molecule has 2 rings (SSSR count). The summed E-state index contributed by atoms with van der Waals surface area (Å²) in [5.41, 5.74) is 5.84. The molecule has 1 aliphatic rings. The standard InChI is InChI=1S/C14H23BrN2OS/c1-3-11(16)13(12-8-10(15)9-19-12)17-6-4-14(2,18)5-7-17/h8-9,11,13,18H,3-7,16H2,1-2H3. The Labute approximate surface area is 127 Å². The first kappa shape index (κ1) is 15.4. The molecule has 0 amide bonds. The van der Waals surface area contributed by atoms with E-state index in [2.05, 4.69) is 39.2 Å². The first-order valence-corrected chi connectivity index (χ1v) is 8.56. The molecule has 1 saturated heterocycles. The molecular formula is C14H23BrN2OS. The molecule has 1 aliphatic heterocycles. The zero-order valence-corrected chi connectivity index (χ0v) is 14.0. The first-order chi connectivity index (χ1) is 8.93. The van der Waals surface area contributed by atoms with E-state index in [9.17, 15) is 5.11 Å². The number of nitrogens with zero attached hydrogens (tertiary/aromatic N) is 1. The number of piperidine rings is 1. The smallest absolute Gasteiger partial charge is 0.0644 e. The molecule has 0 radical (unpaired) electrons. The Hall–Kier alpha value is 0.0600. The summed E-state index contributed by atoms with van der Waals surface area (Å²) >= 11 is 5.29. The van der Waals surface area contributed by atoms with Gasteiger partial charge in [0.15, 0.2) is 0 Å². The fraction of sp³-hybridized carbons (Fsp3) is 0.714. The number of aliphatic hydroxyl groups is 1. The number of hydrogen-bond donors (Lipinski definition) is 2. The molecule has 3 N–H and O–H groups in total. The predicted molar refractivity (Wildman–Crippen MR) is 84.5 cm³/mol. The van der Waals surface area contributed by atoms with E-state index in [1.165, 1.54) is 4.88 Å². The van der Waals surface area contributed by atoms with Crippen molar-refractivity contribution in [3.05, 3.63) is 20.8 Å². The van der Waals surface area contributed by atoms with Gasteiger partial charge in [0.2, 0.25) is 0 Å². The van der Waals surface area contributed by atoms with Gasteiger partial charge in [-0.3, -0.25) is 4.90 Å². The van der Waals surface area contributed by atoms with E-state index < -0.39 is 5.60 Å². The van der Waals surface area contributed by atoms with Crippen LogP contribution in [0, 0.1) is 0 Å². The SMILES string of the molecule is CCC(N)C(c1cc(Br)cs1)N1CCC(C)(O)CC1. The number of likely N-dealkylation sites (tertiary alicyclic amines) is 1. The minimum Gasteiger partial charge on any atom is -0.390 e. The summed E-state index contributed by atoms with van der Waals surface area (Å²) in [5.74, 6) is 0. The van der Waals surface area contributed by atoms with Gasteiger partial charge in [0, 0.05) is 33.9 Å². The van der Waals surface area contributed by atoms with Crippen LogP contribution in [-0.2, 0) is 0 Å². The van der Waals surface area contributed by atoms with Crippen molar-refractivity contribution >= 4 is 27.3 Å². The first-order valence-electron chi connectivity index (χ1n) is 6.89. The van der Waals surface area contributed by atoms with Gasteiger partial charge in [0.25, 0.3) is 0 Å². The minimum atomic E-state index is -0.507. The molecule has 2 unspecified atom stereocenters. The normalized spacial score (nSPS) is 23.2. The van der Waals surface area contributed by atoms with Crippen LogP contribution < -0.4 is 5.73 Å². The highest BCUT2D eigenvalue weighted by Crippen LogP contribution is 2.35. The maximum Gasteiger partial charge on any atom is 0.0644 e. The Bertz CT molecular complexity index is 411. The molecule has 0 aromatic carbocycles. The van der Waals surface area contributed by atoms with Crippen molar-refractivity contribution in [3.63, 3.8) is 0 Å². The number of halogens is 1. The Balaban J connectivity index is 2.15. The topological polar surface area (TPSA) is 49.5 Å². The predicted octanol–water partition coefficient (Wildman–Crippen LogP) is 3.14. The third-order valence-corrected chi connectivity index (χ3v) is 5.79. The summed E-state index contributed by atoms with van der Waals surface area (Å²) in [6.07, 6.45) is 2.62. The maximum atomic E-state index is 10.1. The molecule has 2 atom stereocenters. The molecule has 108 valence electrons. The van der Waals surface area contributed by atoms with Gasteiger partial charge in [-0.1, -0.05) is 6.92 Å². The van der Waals surface area contributed by atoms with Crippen molar-refractivity contribution in [2.45, 2.75) is 50.8 Å². The van der Waals surface area contributed by atoms with Gasteiger partial charge in [0.1, 0.15) is 0 Å². The van der Waals surface area contributed by atoms with Gasteiger partial charge >= 0.3 is 0 Å². The van der Waals surface area contributed by atoms with Crippen LogP contribution in [0.25, 0.3) is 0 Å². The summed E-state index contributed by atoms with van der Waals surface area (Å²) in [4.78, 5) is 3.76. The lowest BCUT2D eigenvalue weighted by atomic mass is 9.91. The number of nitrogens with two attached hydrogens (primary N) is 1. The number of hydrogen-bond acceptors (Lipinski definition) is 4. The summed E-state index contributed by atoms with van der Waals surface area (Å²) in [6, 6.07) is 2.60. The van der Waals surface area contributed by atoms with Crippen molar-refractivity contribution < 1.29 is 5.11 Å². The quantitative estimate of drug-likeness (QED) is 0.880. The Morgan fingerprint density at radius 3 is 2.63 bits per heavy atom. The monoisotopic (exact) mass is 346 g/mol. The average Bonchev–Trinajstić information content (AvgIpc) is 2.78. The van der Waals surface area contributed by atoms with Crippen LogP contribution >= 0.6 is 27.3 Å². The van der Waals surface area contributed by atoms with Crippen LogP contribution in [0.4, 0.5) is 0 Å². The summed E-state index contributed by atoms with van der Waals surface area (Å²) in [5, 5.41) is 12.2. The van der Waals surface area contributed by atoms with Gasteiger partial charge in [-0.05, 0) is 48.2 Å². The molecule has 3 nitrogen and oxygen atoms in total. The molecular weight excluding hydrogens is 324 g/mol. The lowest BCUT2D eigenvalue weighted by Gasteiger charge is -2.41. The van der Waals surface area contributed by atoms with Crippen LogP contribution in [0.5, 0.6) is 0 Å². The van der Waals surface area contributed by atoms with Gasteiger partial charge in [-0.25, -0.2) is 0 Å². The van der Waals surface area contributed by atoms with Crippen molar-refractivity contribution in [3.8, 4) is 0 Å². The molecule has 2 heterocycles. The third-order valence-electron chi connectivity index (χ3n) is 4.02. The fourth-order valence-corrected chi connectivity index (χ4v) is 4.31. The highest BCUT2D eigenvalue weighted by molar-refractivity contribution is 9.10. The molecule has 1 fully saturated rings. The second-order valence-corrected chi connectivity index (χ2v) is 7.58. The second-order valence-electron chi connectivity index (χ2n) is 5.72. The summed E-state index contributed by atoms with van der Waals surface area (Å²) < 4.78 is 1.13. The van der Waals surface area contributed by atoms with E-state index >= 15 is 0 Å². The van der Waals surface area contributed by atoms with Gasteiger partial charge in [0.05, 0.1) is 11.6 Å². The van der Waals surface area contributed by atoms with E-state index in [-0.39, 0.29) is 12.1 Å². The zero-order chi connectivity index (χ0) is 14.0. The van der Waals surface area contributed by atoms with Crippen LogP contribution in [0.2, 0.25) is 0 Å². The number of thiophene rings is 1. The van der Waals surface area contributed by atoms with Gasteiger partial charge in [-0.2, -0.15) is 0 Å². The average molecular weight is 347 g/mol. The second kappa shape index (κ2) is 6.22. The van der Waals surface area contributed by atoms with E-state index in [0.717, 1.165) is 36.8 Å². The molecule has 0 saturated carbocycles. The molecule has 1 aromatic heterocycles. The summed E-state index contributed by atoms with van der Waals surface area (Å²) in [6.45, 7) is 5.91. The van der Waals surface area contributed by atoms with Crippen molar-refractivity contribution in [1.29, 1.82) is 0 Å². The maximum absolute atomic E-state index is 10.1. The molecule has 0 bridgehead atoms. The Kier molecular flexibility index (Phi) is 5.06. The van der Waals surface area contributed by atoms with Crippen LogP contribution in [-0.4, -0.2) is 34.7 Å². The lowest BCUT2D eigenvalue weighted by Crippen LogP contribution is -2.48. The van der Waals surface area contributed by atoms with Crippen molar-refractivity contribution in [2.75, 3.05) is 13.1 Å². The highest BCUT2D eigenvalue weighted by Gasteiger charge is 2.34. The molecule has 5 heteroatoms. The number of rotatable bonds is 4. The fourth-order valence-electron chi connectivity index (χ4n) is 2.65. The van der Waals surface area contributed by atoms with Crippen LogP contribution in [0.15, 0.2) is 15.9 Å². The summed E-state index contributed by atoms with van der Waals surface area (Å²) in [7, 11) is 0. The Morgan fingerprint density at radius 2 is 2.16 bits per heavy atom. The lowest BCUT2D eigenvalue weighted by molar-refractivity contribution is -0.0198. The molecule has 1 aromatic rings. The van der Waals surface area contributed by atoms with Gasteiger partial charge < -0.3 is 10.8 Å². The van der Waals surface area contributed by atoms with Crippen molar-refractivity contribution in [1.82, 2.24) is 4.90 Å². The molecule has 0 spiro atoms. The third kappa shape index (κ3) is 3.79. The molecule has 0 aliphatic carbocycles. The largest absolute Gasteiger partial charge is 0.390 e. The van der Waals surface area contributed by atoms with Gasteiger partial charge in [-0.15, -0.1) is 11.3 Å². The van der Waals surface area contributed by atoms with E-state index in [0.29, 0.717) is 0 Å².